The van der Waals surface area contributed by atoms with E-state index in [4.69, 9.17) is 9.47 Å². The third-order valence-electron chi connectivity index (χ3n) is 4.64. The first-order valence-electron chi connectivity index (χ1n) is 10.7. The highest BCUT2D eigenvalue weighted by atomic mass is 16.5. The summed E-state index contributed by atoms with van der Waals surface area (Å²) in [5.41, 5.74) is 2.71. The van der Waals surface area contributed by atoms with E-state index in [0.29, 0.717) is 41.7 Å². The van der Waals surface area contributed by atoms with Gasteiger partial charge in [-0.1, -0.05) is 36.4 Å². The molecule has 0 radical (unpaired) electrons. The lowest BCUT2D eigenvalue weighted by Crippen LogP contribution is -2.13. The zero-order valence-corrected chi connectivity index (χ0v) is 19.0. The minimum Gasteiger partial charge on any atom is -0.490 e. The first kappa shape index (κ1) is 24.1. The Morgan fingerprint density at radius 3 is 2.21 bits per heavy atom. The third kappa shape index (κ3) is 6.97. The molecule has 0 aliphatic heterocycles. The van der Waals surface area contributed by atoms with Gasteiger partial charge in [0.05, 0.1) is 6.61 Å². The summed E-state index contributed by atoms with van der Waals surface area (Å²) in [5.74, 6) is 0.370. The van der Waals surface area contributed by atoms with Gasteiger partial charge in [-0.05, 0) is 60.5 Å². The highest BCUT2D eigenvalue weighted by Gasteiger charge is 2.12. The maximum Gasteiger partial charge on any atom is 0.266 e. The van der Waals surface area contributed by atoms with Crippen molar-refractivity contribution in [2.75, 3.05) is 17.2 Å². The molecule has 0 spiro atoms. The van der Waals surface area contributed by atoms with E-state index in [0.717, 1.165) is 5.56 Å². The van der Waals surface area contributed by atoms with E-state index in [1.54, 1.807) is 42.5 Å². The van der Waals surface area contributed by atoms with Crippen LogP contribution in [0, 0.1) is 11.3 Å². The fourth-order valence-electron chi connectivity index (χ4n) is 3.09. The Morgan fingerprint density at radius 2 is 1.59 bits per heavy atom. The number of hydrogen-bond acceptors (Lipinski definition) is 5. The van der Waals surface area contributed by atoms with Gasteiger partial charge in [0.25, 0.3) is 5.91 Å². The molecule has 2 N–H and O–H groups in total. The van der Waals surface area contributed by atoms with Gasteiger partial charge in [0.2, 0.25) is 5.91 Å². The van der Waals surface area contributed by atoms with Crippen LogP contribution in [0.3, 0.4) is 0 Å². The predicted octanol–water partition coefficient (Wildman–Crippen LogP) is 5.17. The normalized spacial score (nSPS) is 10.7. The van der Waals surface area contributed by atoms with Gasteiger partial charge in [-0.3, -0.25) is 9.59 Å². The Labute approximate surface area is 198 Å². The molecule has 3 rings (SSSR count). The van der Waals surface area contributed by atoms with Gasteiger partial charge in [0, 0.05) is 18.3 Å². The quantitative estimate of drug-likeness (QED) is 0.343. The van der Waals surface area contributed by atoms with Crippen molar-refractivity contribution >= 4 is 29.3 Å². The molecule has 0 saturated heterocycles. The minimum atomic E-state index is -0.544. The summed E-state index contributed by atoms with van der Waals surface area (Å²) in [4.78, 5) is 23.7. The fraction of sp³-hybridized carbons (Fsp3) is 0.148. The monoisotopic (exact) mass is 455 g/mol. The molecule has 0 aromatic heterocycles. The molecule has 2 amide bonds. The Kier molecular flexibility index (Phi) is 8.42. The van der Waals surface area contributed by atoms with Crippen molar-refractivity contribution in [3.05, 3.63) is 89.5 Å². The SMILES string of the molecule is CCOc1cc(/C=C(\C#N)C(=O)Nc2ccc(NC(C)=O)cc2)ccc1OCc1ccccc1. The summed E-state index contributed by atoms with van der Waals surface area (Å²) in [6.45, 7) is 4.12. The molecule has 3 aromatic rings. The molecule has 172 valence electrons. The topological polar surface area (TPSA) is 100 Å². The molecule has 0 fully saturated rings. The lowest BCUT2D eigenvalue weighted by molar-refractivity contribution is -0.114. The van der Waals surface area contributed by atoms with Crippen LogP contribution in [0.1, 0.15) is 25.0 Å². The second-order valence-corrected chi connectivity index (χ2v) is 7.30. The van der Waals surface area contributed by atoms with Crippen LogP contribution in [-0.4, -0.2) is 18.4 Å². The van der Waals surface area contributed by atoms with Crippen molar-refractivity contribution in [2.45, 2.75) is 20.5 Å². The van der Waals surface area contributed by atoms with Crippen LogP contribution >= 0.6 is 0 Å². The van der Waals surface area contributed by atoms with Gasteiger partial charge in [-0.2, -0.15) is 5.26 Å². The number of rotatable bonds is 9. The standard InChI is InChI=1S/C27H25N3O4/c1-3-33-26-16-21(9-14-25(26)34-18-20-7-5-4-6-8-20)15-22(17-28)27(32)30-24-12-10-23(11-13-24)29-19(2)31/h4-16H,3,18H2,1-2H3,(H,29,31)(H,30,32)/b22-15+. The number of hydrogen-bond donors (Lipinski definition) is 2. The maximum atomic E-state index is 12.6. The van der Waals surface area contributed by atoms with Gasteiger partial charge in [0.1, 0.15) is 18.2 Å². The van der Waals surface area contributed by atoms with Crippen molar-refractivity contribution < 1.29 is 19.1 Å². The van der Waals surface area contributed by atoms with Crippen LogP contribution in [0.2, 0.25) is 0 Å². The van der Waals surface area contributed by atoms with Gasteiger partial charge in [-0.15, -0.1) is 0 Å². The summed E-state index contributed by atoms with van der Waals surface area (Å²) < 4.78 is 11.6. The van der Waals surface area contributed by atoms with Crippen LogP contribution in [0.5, 0.6) is 11.5 Å². The van der Waals surface area contributed by atoms with Crippen molar-refractivity contribution in [3.8, 4) is 17.6 Å². The molecule has 0 aliphatic carbocycles. The van der Waals surface area contributed by atoms with Gasteiger partial charge in [0.15, 0.2) is 11.5 Å². The van der Waals surface area contributed by atoms with Gasteiger partial charge < -0.3 is 20.1 Å². The first-order chi connectivity index (χ1) is 16.5. The number of amides is 2. The number of ether oxygens (including phenoxy) is 2. The number of carbonyl (C=O) groups is 2. The van der Waals surface area contributed by atoms with Crippen molar-refractivity contribution in [2.24, 2.45) is 0 Å². The Morgan fingerprint density at radius 1 is 0.912 bits per heavy atom. The third-order valence-corrected chi connectivity index (χ3v) is 4.64. The largest absolute Gasteiger partial charge is 0.490 e. The molecular formula is C27H25N3O4. The van der Waals surface area contributed by atoms with Crippen LogP contribution in [0.4, 0.5) is 11.4 Å². The lowest BCUT2D eigenvalue weighted by Gasteiger charge is -2.13. The molecule has 0 unspecified atom stereocenters. The number of anilines is 2. The molecular weight excluding hydrogens is 430 g/mol. The number of benzene rings is 3. The van der Waals surface area contributed by atoms with E-state index >= 15 is 0 Å². The number of nitrogens with zero attached hydrogens (tertiary/aromatic N) is 1. The second kappa shape index (κ2) is 11.9. The molecule has 34 heavy (non-hydrogen) atoms. The van der Waals surface area contributed by atoms with Gasteiger partial charge >= 0.3 is 0 Å². The number of nitrogens with one attached hydrogen (secondary N) is 2. The zero-order valence-electron chi connectivity index (χ0n) is 19.0. The second-order valence-electron chi connectivity index (χ2n) is 7.30. The van der Waals surface area contributed by atoms with E-state index in [9.17, 15) is 14.9 Å². The first-order valence-corrected chi connectivity index (χ1v) is 10.7. The number of carbonyl (C=O) groups excluding carboxylic acids is 2. The molecule has 3 aromatic carbocycles. The van der Waals surface area contributed by atoms with E-state index in [1.165, 1.54) is 13.0 Å². The summed E-state index contributed by atoms with van der Waals surface area (Å²) in [7, 11) is 0. The fourth-order valence-corrected chi connectivity index (χ4v) is 3.09. The number of nitriles is 1. The molecule has 0 heterocycles. The summed E-state index contributed by atoms with van der Waals surface area (Å²) in [5, 5.41) is 14.9. The zero-order chi connectivity index (χ0) is 24.3. The van der Waals surface area contributed by atoms with Crippen LogP contribution in [-0.2, 0) is 16.2 Å². The van der Waals surface area contributed by atoms with E-state index in [1.807, 2.05) is 43.3 Å². The highest BCUT2D eigenvalue weighted by molar-refractivity contribution is 6.09. The van der Waals surface area contributed by atoms with E-state index in [-0.39, 0.29) is 11.5 Å². The molecule has 7 heteroatoms. The Bertz CT molecular complexity index is 1210. The summed E-state index contributed by atoms with van der Waals surface area (Å²) in [6.07, 6.45) is 1.49. The van der Waals surface area contributed by atoms with Crippen LogP contribution in [0.15, 0.2) is 78.4 Å². The minimum absolute atomic E-state index is 0.0636. The van der Waals surface area contributed by atoms with Crippen LogP contribution < -0.4 is 20.1 Å². The van der Waals surface area contributed by atoms with Crippen LogP contribution in [0.25, 0.3) is 6.08 Å². The van der Waals surface area contributed by atoms with Gasteiger partial charge in [-0.25, -0.2) is 0 Å². The van der Waals surface area contributed by atoms with E-state index in [2.05, 4.69) is 10.6 Å². The summed E-state index contributed by atoms with van der Waals surface area (Å²) in [6, 6.07) is 23.6. The van der Waals surface area contributed by atoms with E-state index < -0.39 is 5.91 Å². The predicted molar refractivity (Wildman–Crippen MR) is 131 cm³/mol. The lowest BCUT2D eigenvalue weighted by atomic mass is 10.1. The Hall–Kier alpha value is -4.57. The van der Waals surface area contributed by atoms with Crippen molar-refractivity contribution in [1.82, 2.24) is 0 Å². The summed E-state index contributed by atoms with van der Waals surface area (Å²) >= 11 is 0. The maximum absolute atomic E-state index is 12.6. The highest BCUT2D eigenvalue weighted by Crippen LogP contribution is 2.30. The molecule has 7 nitrogen and oxygen atoms in total. The smallest absolute Gasteiger partial charge is 0.266 e. The average molecular weight is 456 g/mol. The average Bonchev–Trinajstić information content (AvgIpc) is 2.83. The molecule has 0 bridgehead atoms. The van der Waals surface area contributed by atoms with Crippen molar-refractivity contribution in [3.63, 3.8) is 0 Å². The molecule has 0 aliphatic rings. The Balaban J connectivity index is 1.73. The van der Waals surface area contributed by atoms with Crippen molar-refractivity contribution in [1.29, 1.82) is 5.26 Å². The molecule has 0 saturated carbocycles. The molecule has 0 atom stereocenters.